The predicted molar refractivity (Wildman–Crippen MR) is 74.1 cm³/mol. The molecule has 0 bridgehead atoms. The van der Waals surface area contributed by atoms with E-state index in [1.165, 1.54) is 36.8 Å². The Balaban J connectivity index is 1.97. The molecule has 2 rings (SSSR count). The van der Waals surface area contributed by atoms with E-state index in [1.807, 2.05) is 0 Å². The van der Waals surface area contributed by atoms with Crippen LogP contribution in [0.4, 0.5) is 0 Å². The van der Waals surface area contributed by atoms with Crippen LogP contribution in [0.2, 0.25) is 0 Å². The van der Waals surface area contributed by atoms with Gasteiger partial charge in [0.2, 0.25) is 0 Å². The Morgan fingerprint density at radius 1 is 1.24 bits per heavy atom. The van der Waals surface area contributed by atoms with Crippen molar-refractivity contribution in [1.82, 2.24) is 5.32 Å². The number of hydrogen-bond acceptors (Lipinski definition) is 1. The largest absolute Gasteiger partial charge is 0.307 e. The van der Waals surface area contributed by atoms with Gasteiger partial charge in [0.15, 0.2) is 0 Å². The SMILES string of the molecule is Cc1ccccc1C(C)NC1CCCC(C)C1. The van der Waals surface area contributed by atoms with Crippen molar-refractivity contribution in [2.75, 3.05) is 0 Å². The lowest BCUT2D eigenvalue weighted by Crippen LogP contribution is -2.35. The van der Waals surface area contributed by atoms with Gasteiger partial charge in [0, 0.05) is 12.1 Å². The molecule has 1 aromatic rings. The highest BCUT2D eigenvalue weighted by atomic mass is 14.9. The summed E-state index contributed by atoms with van der Waals surface area (Å²) < 4.78 is 0. The van der Waals surface area contributed by atoms with Crippen molar-refractivity contribution in [3.05, 3.63) is 35.4 Å². The summed E-state index contributed by atoms with van der Waals surface area (Å²) in [4.78, 5) is 0. The summed E-state index contributed by atoms with van der Waals surface area (Å²) >= 11 is 0. The first-order valence-electron chi connectivity index (χ1n) is 6.98. The third-order valence-corrected chi connectivity index (χ3v) is 4.08. The smallest absolute Gasteiger partial charge is 0.0296 e. The van der Waals surface area contributed by atoms with E-state index in [0.717, 1.165) is 5.92 Å². The van der Waals surface area contributed by atoms with Crippen LogP contribution in [0.1, 0.15) is 56.7 Å². The highest BCUT2D eigenvalue weighted by molar-refractivity contribution is 5.28. The normalized spacial score (nSPS) is 26.8. The quantitative estimate of drug-likeness (QED) is 0.821. The van der Waals surface area contributed by atoms with Gasteiger partial charge in [-0.2, -0.15) is 0 Å². The van der Waals surface area contributed by atoms with Crippen molar-refractivity contribution in [3.8, 4) is 0 Å². The fourth-order valence-corrected chi connectivity index (χ4v) is 3.10. The summed E-state index contributed by atoms with van der Waals surface area (Å²) in [7, 11) is 0. The third kappa shape index (κ3) is 3.32. The first-order valence-corrected chi connectivity index (χ1v) is 6.98. The number of benzene rings is 1. The molecule has 1 aliphatic rings. The van der Waals surface area contributed by atoms with Crippen molar-refractivity contribution in [3.63, 3.8) is 0 Å². The van der Waals surface area contributed by atoms with Gasteiger partial charge >= 0.3 is 0 Å². The van der Waals surface area contributed by atoms with Crippen LogP contribution in [0, 0.1) is 12.8 Å². The Bertz CT molecular complexity index is 358. The van der Waals surface area contributed by atoms with Gasteiger partial charge in [-0.15, -0.1) is 0 Å². The van der Waals surface area contributed by atoms with Crippen LogP contribution in [0.3, 0.4) is 0 Å². The Kier molecular flexibility index (Phi) is 4.22. The second-order valence-corrected chi connectivity index (χ2v) is 5.71. The van der Waals surface area contributed by atoms with Crippen molar-refractivity contribution in [2.24, 2.45) is 5.92 Å². The van der Waals surface area contributed by atoms with Gasteiger partial charge in [-0.1, -0.05) is 44.0 Å². The van der Waals surface area contributed by atoms with Crippen molar-refractivity contribution in [2.45, 2.75) is 58.5 Å². The fraction of sp³-hybridized carbons (Fsp3) is 0.625. The molecular weight excluding hydrogens is 206 g/mol. The summed E-state index contributed by atoms with van der Waals surface area (Å²) in [6.07, 6.45) is 5.49. The molecule has 1 saturated carbocycles. The molecule has 0 radical (unpaired) electrons. The summed E-state index contributed by atoms with van der Waals surface area (Å²) in [6, 6.07) is 9.91. The van der Waals surface area contributed by atoms with E-state index in [9.17, 15) is 0 Å². The van der Waals surface area contributed by atoms with Crippen LogP contribution < -0.4 is 5.32 Å². The van der Waals surface area contributed by atoms with Gasteiger partial charge in [0.1, 0.15) is 0 Å². The zero-order chi connectivity index (χ0) is 12.3. The molecule has 1 aliphatic carbocycles. The van der Waals surface area contributed by atoms with E-state index in [2.05, 4.69) is 50.4 Å². The van der Waals surface area contributed by atoms with E-state index < -0.39 is 0 Å². The Hall–Kier alpha value is -0.820. The molecule has 1 heteroatoms. The zero-order valence-electron chi connectivity index (χ0n) is 11.4. The standard InChI is InChI=1S/C16H25N/c1-12-7-6-9-15(11-12)17-14(3)16-10-5-4-8-13(16)2/h4-5,8,10,12,14-15,17H,6-7,9,11H2,1-3H3. The van der Waals surface area contributed by atoms with E-state index in [-0.39, 0.29) is 0 Å². The second kappa shape index (κ2) is 5.68. The molecule has 3 unspecified atom stereocenters. The minimum Gasteiger partial charge on any atom is -0.307 e. The average Bonchev–Trinajstić information content (AvgIpc) is 2.29. The first-order chi connectivity index (χ1) is 8.16. The van der Waals surface area contributed by atoms with E-state index in [1.54, 1.807) is 0 Å². The Morgan fingerprint density at radius 2 is 2.00 bits per heavy atom. The van der Waals surface area contributed by atoms with Gasteiger partial charge in [0.25, 0.3) is 0 Å². The maximum absolute atomic E-state index is 3.81. The molecule has 17 heavy (non-hydrogen) atoms. The van der Waals surface area contributed by atoms with Crippen LogP contribution in [0.25, 0.3) is 0 Å². The lowest BCUT2D eigenvalue weighted by Gasteiger charge is -2.30. The molecule has 1 aromatic carbocycles. The molecular formula is C16H25N. The molecule has 1 fully saturated rings. The van der Waals surface area contributed by atoms with Gasteiger partial charge in [-0.3, -0.25) is 0 Å². The van der Waals surface area contributed by atoms with Gasteiger partial charge in [0.05, 0.1) is 0 Å². The van der Waals surface area contributed by atoms with Crippen LogP contribution >= 0.6 is 0 Å². The highest BCUT2D eigenvalue weighted by Gasteiger charge is 2.20. The van der Waals surface area contributed by atoms with E-state index >= 15 is 0 Å². The Labute approximate surface area is 106 Å². The third-order valence-electron chi connectivity index (χ3n) is 4.08. The minimum absolute atomic E-state index is 0.478. The first kappa shape index (κ1) is 12.6. The topological polar surface area (TPSA) is 12.0 Å². The number of hydrogen-bond donors (Lipinski definition) is 1. The molecule has 1 N–H and O–H groups in total. The number of rotatable bonds is 3. The van der Waals surface area contributed by atoms with Crippen LogP contribution in [0.15, 0.2) is 24.3 Å². The predicted octanol–water partition coefficient (Wildman–Crippen LogP) is 4.22. The molecule has 0 aliphatic heterocycles. The summed E-state index contributed by atoms with van der Waals surface area (Å²) in [5.74, 6) is 0.894. The summed E-state index contributed by atoms with van der Waals surface area (Å²) in [6.45, 7) is 6.88. The molecule has 0 spiro atoms. The lowest BCUT2D eigenvalue weighted by molar-refractivity contribution is 0.285. The highest BCUT2D eigenvalue weighted by Crippen LogP contribution is 2.26. The molecule has 0 amide bonds. The van der Waals surface area contributed by atoms with Crippen molar-refractivity contribution in [1.29, 1.82) is 0 Å². The molecule has 0 aromatic heterocycles. The molecule has 3 atom stereocenters. The molecule has 0 saturated heterocycles. The molecule has 0 heterocycles. The second-order valence-electron chi connectivity index (χ2n) is 5.71. The lowest BCUT2D eigenvalue weighted by atomic mass is 9.86. The van der Waals surface area contributed by atoms with Crippen LogP contribution in [-0.2, 0) is 0 Å². The Morgan fingerprint density at radius 3 is 2.71 bits per heavy atom. The van der Waals surface area contributed by atoms with E-state index in [0.29, 0.717) is 12.1 Å². The number of aryl methyl sites for hydroxylation is 1. The van der Waals surface area contributed by atoms with Gasteiger partial charge in [-0.05, 0) is 43.7 Å². The minimum atomic E-state index is 0.478. The summed E-state index contributed by atoms with van der Waals surface area (Å²) in [5.41, 5.74) is 2.85. The zero-order valence-corrected chi connectivity index (χ0v) is 11.4. The van der Waals surface area contributed by atoms with Gasteiger partial charge in [-0.25, -0.2) is 0 Å². The maximum atomic E-state index is 3.81. The van der Waals surface area contributed by atoms with Crippen LogP contribution in [0.5, 0.6) is 0 Å². The van der Waals surface area contributed by atoms with Crippen molar-refractivity contribution < 1.29 is 0 Å². The van der Waals surface area contributed by atoms with E-state index in [4.69, 9.17) is 0 Å². The number of nitrogens with one attached hydrogen (secondary N) is 1. The fourth-order valence-electron chi connectivity index (χ4n) is 3.10. The molecule has 94 valence electrons. The van der Waals surface area contributed by atoms with Crippen molar-refractivity contribution >= 4 is 0 Å². The average molecular weight is 231 g/mol. The van der Waals surface area contributed by atoms with Crippen LogP contribution in [-0.4, -0.2) is 6.04 Å². The molecule has 1 nitrogen and oxygen atoms in total. The van der Waals surface area contributed by atoms with Gasteiger partial charge < -0.3 is 5.32 Å². The maximum Gasteiger partial charge on any atom is 0.0296 e. The monoisotopic (exact) mass is 231 g/mol. The summed E-state index contributed by atoms with van der Waals surface area (Å²) in [5, 5.41) is 3.81.